The normalized spacial score (nSPS) is 9.55. The van der Waals surface area contributed by atoms with E-state index in [0.29, 0.717) is 0 Å². The molecule has 0 spiro atoms. The molecule has 5 heteroatoms. The Hall–Kier alpha value is -0.627. The van der Waals surface area contributed by atoms with Gasteiger partial charge in [-0.25, -0.2) is 0 Å². The smallest absolute Gasteiger partial charge is 1.00 e. The zero-order chi connectivity index (χ0) is 13.2. The number of rotatable bonds is 4. The van der Waals surface area contributed by atoms with Gasteiger partial charge >= 0.3 is 26.2 Å². The van der Waals surface area contributed by atoms with Gasteiger partial charge in [-0.05, 0) is 25.2 Å². The van der Waals surface area contributed by atoms with Crippen LogP contribution in [0.1, 0.15) is 13.8 Å². The van der Waals surface area contributed by atoms with Crippen molar-refractivity contribution in [2.24, 2.45) is 0 Å². The van der Waals surface area contributed by atoms with E-state index in [1.54, 1.807) is 0 Å². The number of anilines is 2. The average molecular weight is 413 g/mol. The van der Waals surface area contributed by atoms with Gasteiger partial charge in [0.25, 0.3) is 0 Å². The van der Waals surface area contributed by atoms with Crippen molar-refractivity contribution >= 4 is 32.9 Å². The molecule has 22 heavy (non-hydrogen) atoms. The van der Waals surface area contributed by atoms with E-state index in [-0.39, 0.29) is 51.0 Å². The van der Waals surface area contributed by atoms with Gasteiger partial charge in [-0.3, -0.25) is 0 Å². The number of fused-ring (bicyclic) bond motifs is 3. The number of benzene rings is 2. The van der Waals surface area contributed by atoms with Crippen molar-refractivity contribution in [2.75, 3.05) is 23.7 Å². The summed E-state index contributed by atoms with van der Waals surface area (Å²) in [6, 6.07) is 15.5. The molecule has 0 aliphatic rings. The molecule has 0 unspecified atom stereocenters. The summed E-state index contributed by atoms with van der Waals surface area (Å²) in [7, 11) is 0. The molecule has 0 bridgehead atoms. The molecule has 3 aromatic rings. The van der Waals surface area contributed by atoms with Crippen molar-refractivity contribution in [1.82, 2.24) is 0 Å². The van der Waals surface area contributed by atoms with Gasteiger partial charge in [0, 0.05) is 13.1 Å². The van der Waals surface area contributed by atoms with Gasteiger partial charge in [0.2, 0.25) is 0 Å². The van der Waals surface area contributed by atoms with Gasteiger partial charge in [0.15, 0.2) is 0 Å². The summed E-state index contributed by atoms with van der Waals surface area (Å²) in [6.45, 7) is 6.15. The van der Waals surface area contributed by atoms with E-state index in [0.717, 1.165) is 13.1 Å². The second-order valence-electron chi connectivity index (χ2n) is 4.81. The van der Waals surface area contributed by atoms with Gasteiger partial charge in [0.05, 0.1) is 0 Å². The summed E-state index contributed by atoms with van der Waals surface area (Å²) < 4.78 is 0. The minimum absolute atomic E-state index is 0. The van der Waals surface area contributed by atoms with Crippen molar-refractivity contribution in [3.8, 4) is 0 Å². The molecule has 0 amide bonds. The molecular formula is C17H19Cl2N2Zr. The molecule has 0 atom stereocenters. The van der Waals surface area contributed by atoms with Crippen LogP contribution in [0.25, 0.3) is 21.5 Å². The minimum atomic E-state index is 0. The molecule has 0 aliphatic heterocycles. The average Bonchev–Trinajstić information content (AvgIpc) is 2.76. The molecule has 0 saturated heterocycles. The van der Waals surface area contributed by atoms with Crippen LogP contribution in [0, 0.1) is 0 Å². The summed E-state index contributed by atoms with van der Waals surface area (Å²) in [6.07, 6.45) is 0. The molecule has 0 fully saturated rings. The number of halogens is 2. The number of hydrogen-bond acceptors (Lipinski definition) is 2. The molecule has 3 aromatic carbocycles. The van der Waals surface area contributed by atoms with Crippen molar-refractivity contribution < 1.29 is 51.0 Å². The minimum Gasteiger partial charge on any atom is -1.00 e. The second-order valence-corrected chi connectivity index (χ2v) is 4.81. The number of hydrogen-bond donors (Lipinski definition) is 2. The van der Waals surface area contributed by atoms with Crippen molar-refractivity contribution in [1.29, 1.82) is 0 Å². The standard InChI is InChI=1S/C17H19N2.2ClH.Zr/c1-3-18-14-5-7-16-12(10-14)9-13-11-15(19-4-2)6-8-17(13)16;;;/h5-11,18-19H,3-4H2,1-2H3;2*1H;/q-1;;;+3/p-2. The largest absolute Gasteiger partial charge is 3.00 e. The third-order valence-electron chi connectivity index (χ3n) is 3.47. The Morgan fingerprint density at radius 1 is 0.773 bits per heavy atom. The quantitative estimate of drug-likeness (QED) is 0.514. The van der Waals surface area contributed by atoms with E-state index in [4.69, 9.17) is 0 Å². The first-order valence-corrected chi connectivity index (χ1v) is 6.92. The Morgan fingerprint density at radius 2 is 1.18 bits per heavy atom. The first-order chi connectivity index (χ1) is 9.31. The van der Waals surface area contributed by atoms with Crippen molar-refractivity contribution in [3.05, 3.63) is 42.5 Å². The first kappa shape index (κ1) is 21.4. The van der Waals surface area contributed by atoms with Crippen LogP contribution in [-0.2, 0) is 26.2 Å². The van der Waals surface area contributed by atoms with Crippen LogP contribution < -0.4 is 35.4 Å². The molecule has 3 rings (SSSR count). The molecule has 1 radical (unpaired) electrons. The van der Waals surface area contributed by atoms with Gasteiger partial charge in [-0.1, -0.05) is 36.4 Å². The van der Waals surface area contributed by atoms with Crippen LogP contribution in [0.5, 0.6) is 0 Å². The molecule has 115 valence electrons. The topological polar surface area (TPSA) is 24.1 Å². The van der Waals surface area contributed by atoms with Crippen molar-refractivity contribution in [3.63, 3.8) is 0 Å². The zero-order valence-corrected chi connectivity index (χ0v) is 16.7. The fourth-order valence-electron chi connectivity index (χ4n) is 2.65. The Morgan fingerprint density at radius 3 is 1.55 bits per heavy atom. The predicted molar refractivity (Wildman–Crippen MR) is 85.4 cm³/mol. The summed E-state index contributed by atoms with van der Waals surface area (Å²) in [5.74, 6) is 0. The van der Waals surface area contributed by atoms with Crippen LogP contribution >= 0.6 is 0 Å². The zero-order valence-electron chi connectivity index (χ0n) is 12.7. The predicted octanol–water partition coefficient (Wildman–Crippen LogP) is -1.42. The van der Waals surface area contributed by atoms with Crippen LogP contribution in [0.2, 0.25) is 0 Å². The second kappa shape index (κ2) is 9.50. The summed E-state index contributed by atoms with van der Waals surface area (Å²) in [4.78, 5) is 0. The summed E-state index contributed by atoms with van der Waals surface area (Å²) in [5.41, 5.74) is 2.38. The van der Waals surface area contributed by atoms with Crippen LogP contribution in [-0.4, -0.2) is 13.1 Å². The van der Waals surface area contributed by atoms with E-state index in [1.165, 1.54) is 32.9 Å². The summed E-state index contributed by atoms with van der Waals surface area (Å²) in [5, 5.41) is 12.0. The van der Waals surface area contributed by atoms with E-state index < -0.39 is 0 Å². The maximum atomic E-state index is 3.36. The molecule has 0 saturated carbocycles. The van der Waals surface area contributed by atoms with E-state index >= 15 is 0 Å². The van der Waals surface area contributed by atoms with Crippen LogP contribution in [0.15, 0.2) is 42.5 Å². The van der Waals surface area contributed by atoms with Crippen LogP contribution in [0.3, 0.4) is 0 Å². The van der Waals surface area contributed by atoms with Crippen molar-refractivity contribution in [2.45, 2.75) is 13.8 Å². The van der Waals surface area contributed by atoms with E-state index in [9.17, 15) is 0 Å². The third-order valence-corrected chi connectivity index (χ3v) is 3.47. The Bertz CT molecular complexity index is 665. The Balaban J connectivity index is 0.00000147. The van der Waals surface area contributed by atoms with Gasteiger partial charge in [0.1, 0.15) is 0 Å². The van der Waals surface area contributed by atoms with E-state index in [1.807, 2.05) is 0 Å². The maximum Gasteiger partial charge on any atom is 3.00 e. The molecule has 0 heterocycles. The SMILES string of the molecule is CCNc1ccc2c(c1)[cH-]c1cc(NCC)ccc12.[Cl-].[Cl-].[Zr+3]. The third kappa shape index (κ3) is 4.22. The molecule has 0 aromatic heterocycles. The fourth-order valence-corrected chi connectivity index (χ4v) is 2.65. The summed E-state index contributed by atoms with van der Waals surface area (Å²) >= 11 is 0. The van der Waals surface area contributed by atoms with Gasteiger partial charge < -0.3 is 35.4 Å². The maximum absolute atomic E-state index is 3.36. The Labute approximate surface area is 163 Å². The monoisotopic (exact) mass is 411 g/mol. The fraction of sp³-hybridized carbons (Fsp3) is 0.235. The Kier molecular flexibility index (Phi) is 9.23. The molecule has 0 aliphatic carbocycles. The molecular weight excluding hydrogens is 394 g/mol. The first-order valence-electron chi connectivity index (χ1n) is 6.92. The molecule has 2 nitrogen and oxygen atoms in total. The van der Waals surface area contributed by atoms with Gasteiger partial charge in [-0.15, -0.1) is 27.6 Å². The van der Waals surface area contributed by atoms with Gasteiger partial charge in [-0.2, -0.15) is 0 Å². The van der Waals surface area contributed by atoms with E-state index in [2.05, 4.69) is 66.9 Å². The van der Waals surface area contributed by atoms with Crippen LogP contribution in [0.4, 0.5) is 11.4 Å². The molecule has 2 N–H and O–H groups in total. The number of nitrogens with one attached hydrogen (secondary N) is 2.